The number of carbonyl (C=O) groups excluding carboxylic acids is 3. The van der Waals surface area contributed by atoms with Crippen LogP contribution >= 0.6 is 0 Å². The van der Waals surface area contributed by atoms with Gasteiger partial charge in [-0.25, -0.2) is 4.79 Å². The van der Waals surface area contributed by atoms with Crippen molar-refractivity contribution in [3.8, 4) is 0 Å². The van der Waals surface area contributed by atoms with E-state index in [9.17, 15) is 19.2 Å². The lowest BCUT2D eigenvalue weighted by Gasteiger charge is -2.38. The molecule has 1 fully saturated rings. The summed E-state index contributed by atoms with van der Waals surface area (Å²) in [5.74, 6) is -2.49. The topological polar surface area (TPSA) is 104 Å². The van der Waals surface area contributed by atoms with Gasteiger partial charge in [0.1, 0.15) is 0 Å². The van der Waals surface area contributed by atoms with Gasteiger partial charge in [-0.1, -0.05) is 37.3 Å². The van der Waals surface area contributed by atoms with Crippen LogP contribution in [0, 0.1) is 0 Å². The van der Waals surface area contributed by atoms with Crippen molar-refractivity contribution in [2.24, 2.45) is 0 Å². The number of rotatable bonds is 5. The van der Waals surface area contributed by atoms with Crippen molar-refractivity contribution in [2.75, 3.05) is 6.54 Å². The summed E-state index contributed by atoms with van der Waals surface area (Å²) in [5, 5.41) is 10.9. The van der Waals surface area contributed by atoms with Crippen LogP contribution in [0.15, 0.2) is 30.3 Å². The Kier molecular flexibility index (Phi) is 4.25. The molecule has 1 saturated heterocycles. The maximum Gasteiger partial charge on any atom is 0.330 e. The van der Waals surface area contributed by atoms with Crippen molar-refractivity contribution < 1.29 is 24.3 Å². The van der Waals surface area contributed by atoms with E-state index in [4.69, 9.17) is 5.11 Å². The second-order valence-corrected chi connectivity index (χ2v) is 4.98. The summed E-state index contributed by atoms with van der Waals surface area (Å²) in [6.45, 7) is 1.40. The number of nitrogens with zero attached hydrogens (tertiary/aromatic N) is 1. The Morgan fingerprint density at radius 1 is 1.23 bits per heavy atom. The van der Waals surface area contributed by atoms with E-state index in [0.717, 1.165) is 4.90 Å². The zero-order valence-corrected chi connectivity index (χ0v) is 12.0. The Labute approximate surface area is 126 Å². The van der Waals surface area contributed by atoms with Crippen LogP contribution in [-0.4, -0.2) is 40.4 Å². The van der Waals surface area contributed by atoms with E-state index in [1.54, 1.807) is 37.3 Å². The predicted octanol–water partition coefficient (Wildman–Crippen LogP) is 0.888. The van der Waals surface area contributed by atoms with E-state index >= 15 is 0 Å². The van der Waals surface area contributed by atoms with Crippen LogP contribution in [0.1, 0.15) is 25.3 Å². The van der Waals surface area contributed by atoms with Crippen LogP contribution in [0.4, 0.5) is 4.79 Å². The molecular weight excluding hydrogens is 288 g/mol. The number of barbiturate groups is 1. The maximum absolute atomic E-state index is 12.8. The minimum absolute atomic E-state index is 0.165. The van der Waals surface area contributed by atoms with Crippen molar-refractivity contribution in [1.29, 1.82) is 0 Å². The number of nitrogens with one attached hydrogen (secondary N) is 1. The molecule has 7 nitrogen and oxygen atoms in total. The number of aliphatic carboxylic acids is 1. The average Bonchev–Trinajstić information content (AvgIpc) is 2.48. The fourth-order valence-corrected chi connectivity index (χ4v) is 2.59. The van der Waals surface area contributed by atoms with Crippen molar-refractivity contribution >= 4 is 23.8 Å². The smallest absolute Gasteiger partial charge is 0.330 e. The monoisotopic (exact) mass is 304 g/mol. The molecule has 1 atom stereocenters. The number of hydrogen-bond acceptors (Lipinski definition) is 4. The molecule has 116 valence electrons. The minimum atomic E-state index is -1.51. The highest BCUT2D eigenvalue weighted by Crippen LogP contribution is 2.33. The summed E-state index contributed by atoms with van der Waals surface area (Å²) in [4.78, 5) is 48.4. The molecular formula is C15H16N2O5. The van der Waals surface area contributed by atoms with Crippen molar-refractivity contribution in [3.05, 3.63) is 35.9 Å². The molecule has 0 spiro atoms. The van der Waals surface area contributed by atoms with Crippen molar-refractivity contribution in [1.82, 2.24) is 10.2 Å². The van der Waals surface area contributed by atoms with Crippen LogP contribution in [0.25, 0.3) is 0 Å². The Bertz CT molecular complexity index is 628. The third-order valence-corrected chi connectivity index (χ3v) is 3.81. The van der Waals surface area contributed by atoms with E-state index in [2.05, 4.69) is 5.32 Å². The van der Waals surface area contributed by atoms with E-state index in [1.807, 2.05) is 0 Å². The fraction of sp³-hybridized carbons (Fsp3) is 0.333. The third kappa shape index (κ3) is 2.45. The van der Waals surface area contributed by atoms with Gasteiger partial charge in [0.15, 0.2) is 5.41 Å². The molecule has 2 rings (SSSR count). The van der Waals surface area contributed by atoms with Gasteiger partial charge in [0.2, 0.25) is 5.91 Å². The second kappa shape index (κ2) is 5.97. The number of carbonyl (C=O) groups is 4. The van der Waals surface area contributed by atoms with E-state index < -0.39 is 29.2 Å². The van der Waals surface area contributed by atoms with Crippen LogP contribution in [0.5, 0.6) is 0 Å². The van der Waals surface area contributed by atoms with Crippen molar-refractivity contribution in [3.63, 3.8) is 0 Å². The van der Waals surface area contributed by atoms with Gasteiger partial charge in [-0.05, 0) is 12.0 Å². The summed E-state index contributed by atoms with van der Waals surface area (Å²) < 4.78 is 0. The standard InChI is InChI=1S/C15H16N2O5/c1-2-15(10-6-4-3-5-7-10)12(20)16-14(22)17(13(15)21)9-8-11(18)19/h3-7H,2,8-9H2,1H3,(H,18,19)(H,16,20,22)/t15-/m1/s1. The highest BCUT2D eigenvalue weighted by atomic mass is 16.4. The quantitative estimate of drug-likeness (QED) is 0.786. The molecule has 1 aromatic rings. The number of carboxylic acid groups (broad SMARTS) is 1. The molecule has 0 saturated carbocycles. The first-order valence-electron chi connectivity index (χ1n) is 6.88. The molecule has 0 unspecified atom stereocenters. The maximum atomic E-state index is 12.8. The van der Waals surface area contributed by atoms with Gasteiger partial charge in [0, 0.05) is 6.54 Å². The summed E-state index contributed by atoms with van der Waals surface area (Å²) >= 11 is 0. The molecule has 1 aromatic carbocycles. The highest BCUT2D eigenvalue weighted by molar-refractivity contribution is 6.22. The molecule has 22 heavy (non-hydrogen) atoms. The van der Waals surface area contributed by atoms with Crippen LogP contribution in [0.2, 0.25) is 0 Å². The Morgan fingerprint density at radius 2 is 1.86 bits per heavy atom. The van der Waals surface area contributed by atoms with Crippen LogP contribution in [-0.2, 0) is 19.8 Å². The second-order valence-electron chi connectivity index (χ2n) is 4.98. The first-order valence-corrected chi connectivity index (χ1v) is 6.88. The SMILES string of the molecule is CC[C@@]1(c2ccccc2)C(=O)NC(=O)N(CCC(=O)O)C1=O. The molecule has 0 bridgehead atoms. The minimum Gasteiger partial charge on any atom is -0.481 e. The van der Waals surface area contributed by atoms with E-state index in [0.29, 0.717) is 5.56 Å². The average molecular weight is 304 g/mol. The summed E-state index contributed by atoms with van der Waals surface area (Å²) in [7, 11) is 0. The number of carboxylic acids is 1. The van der Waals surface area contributed by atoms with Gasteiger partial charge < -0.3 is 5.11 Å². The number of hydrogen-bond donors (Lipinski definition) is 2. The molecule has 0 aliphatic carbocycles. The Balaban J connectivity index is 2.44. The molecule has 7 heteroatoms. The van der Waals surface area contributed by atoms with Gasteiger partial charge in [-0.3, -0.25) is 24.6 Å². The zero-order valence-electron chi connectivity index (χ0n) is 12.0. The van der Waals surface area contributed by atoms with Gasteiger partial charge in [-0.2, -0.15) is 0 Å². The molecule has 2 N–H and O–H groups in total. The molecule has 1 aliphatic rings. The van der Waals surface area contributed by atoms with Gasteiger partial charge in [0.25, 0.3) is 5.91 Å². The highest BCUT2D eigenvalue weighted by Gasteiger charge is 2.53. The summed E-state index contributed by atoms with van der Waals surface area (Å²) in [6.07, 6.45) is -0.208. The lowest BCUT2D eigenvalue weighted by Crippen LogP contribution is -2.66. The van der Waals surface area contributed by atoms with E-state index in [-0.39, 0.29) is 19.4 Å². The predicted molar refractivity (Wildman–Crippen MR) is 75.9 cm³/mol. The normalized spacial score (nSPS) is 21.7. The Hall–Kier alpha value is -2.70. The fourth-order valence-electron chi connectivity index (χ4n) is 2.59. The first-order chi connectivity index (χ1) is 10.4. The summed E-state index contributed by atoms with van der Waals surface area (Å²) in [6, 6.07) is 7.57. The number of amides is 4. The Morgan fingerprint density at radius 3 is 2.41 bits per heavy atom. The van der Waals surface area contributed by atoms with Gasteiger partial charge in [0.05, 0.1) is 6.42 Å². The summed E-state index contributed by atoms with van der Waals surface area (Å²) in [5.41, 5.74) is -1.03. The van der Waals surface area contributed by atoms with Crippen LogP contribution < -0.4 is 5.32 Å². The number of benzene rings is 1. The largest absolute Gasteiger partial charge is 0.481 e. The zero-order chi connectivity index (χ0) is 16.3. The lowest BCUT2D eigenvalue weighted by atomic mass is 9.75. The van der Waals surface area contributed by atoms with Gasteiger partial charge in [-0.15, -0.1) is 0 Å². The molecule has 1 heterocycles. The number of imide groups is 2. The number of urea groups is 1. The van der Waals surface area contributed by atoms with Crippen molar-refractivity contribution in [2.45, 2.75) is 25.2 Å². The van der Waals surface area contributed by atoms with E-state index in [1.165, 1.54) is 0 Å². The lowest BCUT2D eigenvalue weighted by molar-refractivity contribution is -0.146. The van der Waals surface area contributed by atoms with Gasteiger partial charge >= 0.3 is 12.0 Å². The molecule has 1 aliphatic heterocycles. The molecule has 0 radical (unpaired) electrons. The first kappa shape index (κ1) is 15.7. The van der Waals surface area contributed by atoms with Crippen LogP contribution in [0.3, 0.4) is 0 Å². The third-order valence-electron chi connectivity index (χ3n) is 3.81. The molecule has 0 aromatic heterocycles. The molecule has 4 amide bonds.